The molecular formula is C19H17FN4O3S. The minimum Gasteiger partial charge on any atom is -0.497 e. The van der Waals surface area contributed by atoms with Gasteiger partial charge in [0.05, 0.1) is 20.1 Å². The van der Waals surface area contributed by atoms with Crippen LogP contribution in [0, 0.1) is 5.82 Å². The highest BCUT2D eigenvalue weighted by atomic mass is 32.1. The molecule has 0 saturated heterocycles. The first-order valence-corrected chi connectivity index (χ1v) is 9.14. The summed E-state index contributed by atoms with van der Waals surface area (Å²) in [6, 6.07) is 12.7. The average molecular weight is 400 g/mol. The van der Waals surface area contributed by atoms with Crippen LogP contribution in [0.4, 0.5) is 10.1 Å². The summed E-state index contributed by atoms with van der Waals surface area (Å²) in [5.74, 6) is -0.328. The third-order valence-corrected chi connectivity index (χ3v) is 4.62. The number of hydrogen-bond acceptors (Lipinski definition) is 6. The normalized spacial score (nSPS) is 10.4. The van der Waals surface area contributed by atoms with E-state index in [1.54, 1.807) is 19.2 Å². The predicted molar refractivity (Wildman–Crippen MR) is 103 cm³/mol. The molecule has 9 heteroatoms. The van der Waals surface area contributed by atoms with Gasteiger partial charge < -0.3 is 15.4 Å². The molecule has 2 N–H and O–H groups in total. The summed E-state index contributed by atoms with van der Waals surface area (Å²) in [5, 5.41) is 13.8. The highest BCUT2D eigenvalue weighted by Crippen LogP contribution is 2.15. The van der Waals surface area contributed by atoms with Crippen molar-refractivity contribution in [1.29, 1.82) is 0 Å². The maximum absolute atomic E-state index is 12.9. The van der Waals surface area contributed by atoms with Crippen LogP contribution in [0.5, 0.6) is 5.75 Å². The molecule has 1 aromatic heterocycles. The largest absolute Gasteiger partial charge is 0.497 e. The monoisotopic (exact) mass is 400 g/mol. The van der Waals surface area contributed by atoms with Crippen molar-refractivity contribution in [2.75, 3.05) is 12.4 Å². The molecule has 7 nitrogen and oxygen atoms in total. The second kappa shape index (κ2) is 9.05. The molecule has 0 aliphatic heterocycles. The van der Waals surface area contributed by atoms with Crippen LogP contribution in [0.3, 0.4) is 0 Å². The highest BCUT2D eigenvalue weighted by Gasteiger charge is 2.14. The number of carbonyl (C=O) groups excluding carboxylic acids is 2. The molecular weight excluding hydrogens is 383 g/mol. The smallest absolute Gasteiger partial charge is 0.286 e. The summed E-state index contributed by atoms with van der Waals surface area (Å²) in [6.07, 6.45) is 0.202. The Balaban J connectivity index is 1.51. The highest BCUT2D eigenvalue weighted by molar-refractivity contribution is 7.13. The summed E-state index contributed by atoms with van der Waals surface area (Å²) in [5.41, 5.74) is 1.28. The van der Waals surface area contributed by atoms with Crippen molar-refractivity contribution in [3.63, 3.8) is 0 Å². The zero-order valence-electron chi connectivity index (χ0n) is 14.9. The fraction of sp³-hybridized carbons (Fsp3) is 0.158. The molecule has 0 aliphatic carbocycles. The van der Waals surface area contributed by atoms with Gasteiger partial charge in [0.1, 0.15) is 16.6 Å². The van der Waals surface area contributed by atoms with Crippen molar-refractivity contribution in [1.82, 2.24) is 15.5 Å². The molecule has 1 heterocycles. The Hall–Kier alpha value is -3.33. The second-order valence-electron chi connectivity index (χ2n) is 5.77. The number of carbonyl (C=O) groups is 2. The van der Waals surface area contributed by atoms with E-state index < -0.39 is 5.91 Å². The predicted octanol–water partition coefficient (Wildman–Crippen LogP) is 2.80. The van der Waals surface area contributed by atoms with Crippen LogP contribution in [0.1, 0.15) is 20.4 Å². The zero-order valence-corrected chi connectivity index (χ0v) is 15.8. The van der Waals surface area contributed by atoms with Crippen molar-refractivity contribution in [3.05, 3.63) is 69.9 Å². The number of rotatable bonds is 7. The molecule has 0 atom stereocenters. The van der Waals surface area contributed by atoms with E-state index in [1.807, 2.05) is 12.1 Å². The molecule has 0 fully saturated rings. The molecule has 144 valence electrons. The van der Waals surface area contributed by atoms with Gasteiger partial charge in [0.25, 0.3) is 5.91 Å². The molecule has 0 aliphatic rings. The Morgan fingerprint density at radius 3 is 2.68 bits per heavy atom. The number of methoxy groups -OCH3 is 1. The van der Waals surface area contributed by atoms with Crippen LogP contribution >= 0.6 is 11.3 Å². The number of benzene rings is 2. The lowest BCUT2D eigenvalue weighted by Gasteiger charge is -2.05. The van der Waals surface area contributed by atoms with Crippen molar-refractivity contribution < 1.29 is 18.7 Å². The minimum absolute atomic E-state index is 0.154. The summed E-state index contributed by atoms with van der Waals surface area (Å²) < 4.78 is 18.0. The number of nitrogens with zero attached hydrogens (tertiary/aromatic N) is 2. The van der Waals surface area contributed by atoms with Crippen LogP contribution < -0.4 is 15.4 Å². The number of nitrogens with one attached hydrogen (secondary N) is 2. The molecule has 0 saturated carbocycles. The van der Waals surface area contributed by atoms with Gasteiger partial charge in [-0.1, -0.05) is 23.5 Å². The number of anilines is 1. The van der Waals surface area contributed by atoms with Crippen LogP contribution in [0.15, 0.2) is 48.5 Å². The van der Waals surface area contributed by atoms with E-state index in [0.29, 0.717) is 16.4 Å². The van der Waals surface area contributed by atoms with E-state index in [2.05, 4.69) is 20.8 Å². The Morgan fingerprint density at radius 1 is 1.14 bits per heavy atom. The summed E-state index contributed by atoms with van der Waals surface area (Å²) in [6.45, 7) is 0.171. The summed E-state index contributed by atoms with van der Waals surface area (Å²) in [4.78, 5) is 24.2. The molecule has 0 radical (unpaired) electrons. The number of hydrogen-bond donors (Lipinski definition) is 2. The quantitative estimate of drug-likeness (QED) is 0.636. The van der Waals surface area contributed by atoms with E-state index >= 15 is 0 Å². The van der Waals surface area contributed by atoms with Gasteiger partial charge in [-0.2, -0.15) is 0 Å². The number of halogens is 1. The molecule has 0 unspecified atom stereocenters. The zero-order chi connectivity index (χ0) is 19.9. The molecule has 0 spiro atoms. The van der Waals surface area contributed by atoms with Crippen molar-refractivity contribution in [2.45, 2.75) is 13.0 Å². The first kappa shape index (κ1) is 19.4. The topological polar surface area (TPSA) is 93.2 Å². The molecule has 3 rings (SSSR count). The lowest BCUT2D eigenvalue weighted by Crippen LogP contribution is -2.24. The van der Waals surface area contributed by atoms with Gasteiger partial charge in [-0.05, 0) is 42.0 Å². The minimum atomic E-state index is -0.446. The molecule has 2 amide bonds. The average Bonchev–Trinajstić information content (AvgIpc) is 3.17. The fourth-order valence-corrected chi connectivity index (χ4v) is 3.01. The first-order valence-electron chi connectivity index (χ1n) is 8.32. The van der Waals surface area contributed by atoms with E-state index in [9.17, 15) is 14.0 Å². The molecule has 0 bridgehead atoms. The van der Waals surface area contributed by atoms with Crippen molar-refractivity contribution in [2.24, 2.45) is 0 Å². The first-order chi connectivity index (χ1) is 13.5. The molecule has 28 heavy (non-hydrogen) atoms. The van der Waals surface area contributed by atoms with Crippen LogP contribution in [-0.2, 0) is 17.8 Å². The Kier molecular flexibility index (Phi) is 6.28. The van der Waals surface area contributed by atoms with Crippen molar-refractivity contribution in [3.8, 4) is 5.75 Å². The van der Waals surface area contributed by atoms with Crippen LogP contribution in [0.25, 0.3) is 0 Å². The Morgan fingerprint density at radius 2 is 1.93 bits per heavy atom. The van der Waals surface area contributed by atoms with E-state index in [1.165, 1.54) is 24.3 Å². The maximum atomic E-state index is 12.9. The van der Waals surface area contributed by atoms with Gasteiger partial charge in [0.2, 0.25) is 10.9 Å². The third kappa shape index (κ3) is 5.34. The van der Waals surface area contributed by atoms with Gasteiger partial charge in [-0.15, -0.1) is 10.2 Å². The number of aromatic nitrogens is 2. The van der Waals surface area contributed by atoms with E-state index in [-0.39, 0.29) is 29.7 Å². The van der Waals surface area contributed by atoms with Crippen LogP contribution in [0.2, 0.25) is 0 Å². The van der Waals surface area contributed by atoms with Gasteiger partial charge >= 0.3 is 0 Å². The Bertz CT molecular complexity index is 975. The van der Waals surface area contributed by atoms with Gasteiger partial charge in [-0.3, -0.25) is 9.59 Å². The molecule has 2 aromatic carbocycles. The second-order valence-corrected chi connectivity index (χ2v) is 6.83. The Labute approximate surface area is 164 Å². The standard InChI is InChI=1S/C19H17FN4O3S/c1-27-15-4-2-3-12(9-15)10-16(25)21-11-17-23-24-19(28-17)18(26)22-14-7-5-13(20)6-8-14/h2-9H,10-11H2,1H3,(H,21,25)(H,22,26). The van der Waals surface area contributed by atoms with Gasteiger partial charge in [0.15, 0.2) is 0 Å². The van der Waals surface area contributed by atoms with Crippen molar-refractivity contribution >= 4 is 28.8 Å². The fourth-order valence-electron chi connectivity index (χ4n) is 2.34. The van der Waals surface area contributed by atoms with Gasteiger partial charge in [-0.25, -0.2) is 4.39 Å². The van der Waals surface area contributed by atoms with E-state index in [4.69, 9.17) is 4.74 Å². The SMILES string of the molecule is COc1cccc(CC(=O)NCc2nnc(C(=O)Nc3ccc(F)cc3)s2)c1. The third-order valence-electron chi connectivity index (χ3n) is 3.70. The summed E-state index contributed by atoms with van der Waals surface area (Å²) >= 11 is 1.07. The van der Waals surface area contributed by atoms with E-state index in [0.717, 1.165) is 16.9 Å². The summed E-state index contributed by atoms with van der Waals surface area (Å²) in [7, 11) is 1.57. The lowest BCUT2D eigenvalue weighted by molar-refractivity contribution is -0.120. The number of amides is 2. The lowest BCUT2D eigenvalue weighted by atomic mass is 10.1. The molecule has 3 aromatic rings. The van der Waals surface area contributed by atoms with Gasteiger partial charge in [0, 0.05) is 5.69 Å². The number of ether oxygens (including phenoxy) is 1. The maximum Gasteiger partial charge on any atom is 0.286 e. The van der Waals surface area contributed by atoms with Crippen LogP contribution in [-0.4, -0.2) is 29.1 Å².